The maximum atomic E-state index is 11.6. The lowest BCUT2D eigenvalue weighted by Crippen LogP contribution is -2.07. The summed E-state index contributed by atoms with van der Waals surface area (Å²) in [4.78, 5) is 11.6. The average molecular weight is 327 g/mol. The van der Waals surface area contributed by atoms with Crippen molar-refractivity contribution in [3.63, 3.8) is 0 Å². The quantitative estimate of drug-likeness (QED) is 0.709. The van der Waals surface area contributed by atoms with E-state index in [1.54, 1.807) is 14.2 Å². The first kappa shape index (κ1) is 16.9. The number of hydrogen-bond acceptors (Lipinski definition) is 4. The van der Waals surface area contributed by atoms with Crippen LogP contribution >= 0.6 is 11.6 Å². The standard InChI is InChI=1S/C17H23ClO4/c1-5-10(6-11-7-13(11)17(19)22-4)12-8-14(18)16(21-3)9-15(12)20-2/h8-11,13H,5-7H2,1-4H3. The lowest BCUT2D eigenvalue weighted by atomic mass is 9.89. The van der Waals surface area contributed by atoms with Gasteiger partial charge in [-0.05, 0) is 42.7 Å². The number of methoxy groups -OCH3 is 3. The van der Waals surface area contributed by atoms with Crippen molar-refractivity contribution in [3.8, 4) is 11.5 Å². The number of carbonyl (C=O) groups excluding carboxylic acids is 1. The van der Waals surface area contributed by atoms with Crippen molar-refractivity contribution in [2.45, 2.75) is 32.1 Å². The Morgan fingerprint density at radius 2 is 1.95 bits per heavy atom. The van der Waals surface area contributed by atoms with Gasteiger partial charge in [0.05, 0.1) is 32.3 Å². The van der Waals surface area contributed by atoms with Crippen LogP contribution in [0.2, 0.25) is 5.02 Å². The van der Waals surface area contributed by atoms with Crippen LogP contribution in [0.4, 0.5) is 0 Å². The number of esters is 1. The van der Waals surface area contributed by atoms with Gasteiger partial charge in [0.15, 0.2) is 0 Å². The number of halogens is 1. The summed E-state index contributed by atoms with van der Waals surface area (Å²) >= 11 is 6.26. The minimum absolute atomic E-state index is 0.0544. The van der Waals surface area contributed by atoms with E-state index in [9.17, 15) is 4.79 Å². The Bertz CT molecular complexity index is 544. The van der Waals surface area contributed by atoms with E-state index in [1.165, 1.54) is 7.11 Å². The Hall–Kier alpha value is -1.42. The van der Waals surface area contributed by atoms with Crippen LogP contribution < -0.4 is 9.47 Å². The normalized spacial score (nSPS) is 21.1. The molecule has 5 heteroatoms. The summed E-state index contributed by atoms with van der Waals surface area (Å²) in [6.07, 6.45) is 2.81. The second-order valence-electron chi connectivity index (χ2n) is 5.70. The molecule has 0 amide bonds. The van der Waals surface area contributed by atoms with E-state index in [4.69, 9.17) is 25.8 Å². The minimum atomic E-state index is -0.0976. The molecule has 22 heavy (non-hydrogen) atoms. The maximum absolute atomic E-state index is 11.6. The molecule has 1 aliphatic carbocycles. The summed E-state index contributed by atoms with van der Waals surface area (Å²) in [5.74, 6) is 2.04. The monoisotopic (exact) mass is 326 g/mol. The predicted octanol–water partition coefficient (Wildman–Crippen LogP) is 4.05. The summed E-state index contributed by atoms with van der Waals surface area (Å²) < 4.78 is 15.6. The van der Waals surface area contributed by atoms with E-state index in [2.05, 4.69) is 6.92 Å². The zero-order valence-corrected chi connectivity index (χ0v) is 14.3. The Morgan fingerprint density at radius 1 is 1.27 bits per heavy atom. The molecule has 3 unspecified atom stereocenters. The third kappa shape index (κ3) is 3.49. The fraction of sp³-hybridized carbons (Fsp3) is 0.588. The highest BCUT2D eigenvalue weighted by Gasteiger charge is 2.44. The third-order valence-corrected chi connectivity index (χ3v) is 4.75. The minimum Gasteiger partial charge on any atom is -0.496 e. The Morgan fingerprint density at radius 3 is 2.50 bits per heavy atom. The summed E-state index contributed by atoms with van der Waals surface area (Å²) in [7, 11) is 4.68. The predicted molar refractivity (Wildman–Crippen MR) is 85.8 cm³/mol. The molecule has 1 aromatic carbocycles. The van der Waals surface area contributed by atoms with E-state index >= 15 is 0 Å². The van der Waals surface area contributed by atoms with Gasteiger partial charge in [0.25, 0.3) is 0 Å². The third-order valence-electron chi connectivity index (χ3n) is 4.45. The molecule has 1 aliphatic rings. The van der Waals surface area contributed by atoms with Gasteiger partial charge in [0.2, 0.25) is 0 Å². The van der Waals surface area contributed by atoms with Crippen molar-refractivity contribution in [1.82, 2.24) is 0 Å². The van der Waals surface area contributed by atoms with Crippen LogP contribution in [-0.2, 0) is 9.53 Å². The zero-order valence-electron chi connectivity index (χ0n) is 13.5. The average Bonchev–Trinajstić information content (AvgIpc) is 3.30. The summed E-state index contributed by atoms with van der Waals surface area (Å²) in [5.41, 5.74) is 1.08. The molecule has 0 N–H and O–H groups in total. The summed E-state index contributed by atoms with van der Waals surface area (Å²) in [6, 6.07) is 3.74. The lowest BCUT2D eigenvalue weighted by molar-refractivity contribution is -0.142. The van der Waals surface area contributed by atoms with Gasteiger partial charge < -0.3 is 14.2 Å². The molecular weight excluding hydrogens is 304 g/mol. The van der Waals surface area contributed by atoms with Crippen LogP contribution in [0.3, 0.4) is 0 Å². The number of ether oxygens (including phenoxy) is 3. The molecule has 0 radical (unpaired) electrons. The van der Waals surface area contributed by atoms with Gasteiger partial charge in [-0.1, -0.05) is 18.5 Å². The molecule has 0 spiro atoms. The molecule has 0 aliphatic heterocycles. The molecule has 0 saturated heterocycles. The molecule has 1 saturated carbocycles. The van der Waals surface area contributed by atoms with Crippen molar-refractivity contribution in [1.29, 1.82) is 0 Å². The van der Waals surface area contributed by atoms with Gasteiger partial charge in [-0.25, -0.2) is 0 Å². The molecule has 1 aromatic rings. The first-order valence-electron chi connectivity index (χ1n) is 7.54. The SMILES string of the molecule is CCC(CC1CC1C(=O)OC)c1cc(Cl)c(OC)cc1OC. The molecule has 1 fully saturated rings. The molecule has 122 valence electrons. The largest absolute Gasteiger partial charge is 0.496 e. The van der Waals surface area contributed by atoms with Crippen LogP contribution in [0.15, 0.2) is 12.1 Å². The van der Waals surface area contributed by atoms with Crippen molar-refractivity contribution in [3.05, 3.63) is 22.7 Å². The molecular formula is C17H23ClO4. The highest BCUT2D eigenvalue weighted by Crippen LogP contribution is 2.48. The van der Waals surface area contributed by atoms with Gasteiger partial charge in [-0.3, -0.25) is 4.79 Å². The van der Waals surface area contributed by atoms with Gasteiger partial charge >= 0.3 is 5.97 Å². The lowest BCUT2D eigenvalue weighted by Gasteiger charge is -2.20. The Labute approximate surface area is 136 Å². The maximum Gasteiger partial charge on any atom is 0.308 e. The number of rotatable bonds is 7. The fourth-order valence-electron chi connectivity index (χ4n) is 3.03. The van der Waals surface area contributed by atoms with Crippen LogP contribution in [0.25, 0.3) is 0 Å². The number of benzene rings is 1. The van der Waals surface area contributed by atoms with Crippen molar-refractivity contribution in [2.75, 3.05) is 21.3 Å². The molecule has 2 rings (SSSR count). The first-order valence-corrected chi connectivity index (χ1v) is 7.92. The smallest absolute Gasteiger partial charge is 0.308 e. The van der Waals surface area contributed by atoms with Crippen LogP contribution in [0, 0.1) is 11.8 Å². The summed E-state index contributed by atoms with van der Waals surface area (Å²) in [5, 5.41) is 0.581. The van der Waals surface area contributed by atoms with Gasteiger partial charge in [-0.2, -0.15) is 0 Å². The van der Waals surface area contributed by atoms with E-state index in [0.29, 0.717) is 22.6 Å². The molecule has 0 aromatic heterocycles. The highest BCUT2D eigenvalue weighted by molar-refractivity contribution is 6.32. The highest BCUT2D eigenvalue weighted by atomic mass is 35.5. The van der Waals surface area contributed by atoms with Crippen LogP contribution in [0.5, 0.6) is 11.5 Å². The van der Waals surface area contributed by atoms with Crippen molar-refractivity contribution in [2.24, 2.45) is 11.8 Å². The van der Waals surface area contributed by atoms with Crippen LogP contribution in [0.1, 0.15) is 37.7 Å². The number of carbonyl (C=O) groups is 1. The second-order valence-corrected chi connectivity index (χ2v) is 6.10. The molecule has 0 bridgehead atoms. The van der Waals surface area contributed by atoms with E-state index in [-0.39, 0.29) is 11.9 Å². The van der Waals surface area contributed by atoms with E-state index in [1.807, 2.05) is 12.1 Å². The Balaban J connectivity index is 2.17. The topological polar surface area (TPSA) is 44.8 Å². The van der Waals surface area contributed by atoms with E-state index < -0.39 is 0 Å². The van der Waals surface area contributed by atoms with E-state index in [0.717, 1.165) is 30.6 Å². The van der Waals surface area contributed by atoms with Gasteiger partial charge in [-0.15, -0.1) is 0 Å². The van der Waals surface area contributed by atoms with Crippen LogP contribution in [-0.4, -0.2) is 27.3 Å². The summed E-state index contributed by atoms with van der Waals surface area (Å²) in [6.45, 7) is 2.14. The van der Waals surface area contributed by atoms with Crippen molar-refractivity contribution >= 4 is 17.6 Å². The fourth-order valence-corrected chi connectivity index (χ4v) is 3.28. The second kappa shape index (κ2) is 7.23. The molecule has 0 heterocycles. The van der Waals surface area contributed by atoms with Gasteiger partial charge in [0, 0.05) is 6.07 Å². The molecule has 3 atom stereocenters. The molecule has 4 nitrogen and oxygen atoms in total. The number of hydrogen-bond donors (Lipinski definition) is 0. The Kier molecular flexibility index (Phi) is 5.57. The van der Waals surface area contributed by atoms with Crippen molar-refractivity contribution < 1.29 is 19.0 Å². The first-order chi connectivity index (χ1) is 10.5. The van der Waals surface area contributed by atoms with Gasteiger partial charge in [0.1, 0.15) is 11.5 Å². The zero-order chi connectivity index (χ0) is 16.3.